The second kappa shape index (κ2) is 5.08. The number of fused-ring (bicyclic) bond motifs is 1. The van der Waals surface area contributed by atoms with Crippen LogP contribution in [-0.2, 0) is 0 Å². The van der Waals surface area contributed by atoms with Crippen LogP contribution in [0.5, 0.6) is 11.5 Å². The van der Waals surface area contributed by atoms with Gasteiger partial charge in [0.15, 0.2) is 0 Å². The minimum absolute atomic E-state index is 0.285. The van der Waals surface area contributed by atoms with Gasteiger partial charge < -0.3 is 15.2 Å². The molecule has 2 aromatic rings. The predicted molar refractivity (Wildman–Crippen MR) is 80.5 cm³/mol. The first kappa shape index (κ1) is 12.9. The summed E-state index contributed by atoms with van der Waals surface area (Å²) in [6.07, 6.45) is 0. The molecule has 0 fully saturated rings. The molecule has 0 amide bonds. The van der Waals surface area contributed by atoms with Crippen molar-refractivity contribution in [3.05, 3.63) is 53.1 Å². The van der Waals surface area contributed by atoms with Crippen molar-refractivity contribution >= 4 is 5.69 Å². The molecule has 0 radical (unpaired) electrons. The van der Waals surface area contributed by atoms with E-state index in [9.17, 15) is 0 Å². The number of hydrogen-bond acceptors (Lipinski definition) is 3. The van der Waals surface area contributed by atoms with Gasteiger partial charge >= 0.3 is 0 Å². The Balaban J connectivity index is 1.74. The quantitative estimate of drug-likeness (QED) is 0.868. The molecule has 3 nitrogen and oxygen atoms in total. The van der Waals surface area contributed by atoms with Crippen LogP contribution in [-0.4, -0.2) is 13.2 Å². The Bertz CT molecular complexity index is 637. The summed E-state index contributed by atoms with van der Waals surface area (Å²) in [5, 5.41) is 0. The zero-order valence-corrected chi connectivity index (χ0v) is 11.8. The average molecular weight is 269 g/mol. The van der Waals surface area contributed by atoms with Gasteiger partial charge in [-0.25, -0.2) is 0 Å². The fourth-order valence-corrected chi connectivity index (χ4v) is 2.56. The molecule has 104 valence electrons. The van der Waals surface area contributed by atoms with Crippen LogP contribution in [0.4, 0.5) is 5.69 Å². The topological polar surface area (TPSA) is 44.5 Å². The van der Waals surface area contributed by atoms with E-state index in [4.69, 9.17) is 15.2 Å². The zero-order valence-electron chi connectivity index (χ0n) is 11.8. The van der Waals surface area contributed by atoms with E-state index < -0.39 is 0 Å². The van der Waals surface area contributed by atoms with Crippen LogP contribution < -0.4 is 15.2 Å². The van der Waals surface area contributed by atoms with Gasteiger partial charge in [-0.1, -0.05) is 24.3 Å². The first-order valence-corrected chi connectivity index (χ1v) is 6.86. The standard InChI is InChI=1S/C17H19NO2/c1-11-7-12(2)17(8-15(11)18)20-10-13-9-19-16-6-4-3-5-14(13)16/h3-8,13H,9-10,18H2,1-2H3. The van der Waals surface area contributed by atoms with E-state index >= 15 is 0 Å². The van der Waals surface area contributed by atoms with Gasteiger partial charge in [-0.2, -0.15) is 0 Å². The van der Waals surface area contributed by atoms with Crippen LogP contribution in [0.1, 0.15) is 22.6 Å². The van der Waals surface area contributed by atoms with Crippen molar-refractivity contribution in [1.82, 2.24) is 0 Å². The Labute approximate surface area is 119 Å². The van der Waals surface area contributed by atoms with Crippen LogP contribution in [0.25, 0.3) is 0 Å². The molecule has 0 aromatic heterocycles. The van der Waals surface area contributed by atoms with Crippen LogP contribution in [0.15, 0.2) is 36.4 Å². The van der Waals surface area contributed by atoms with Crippen LogP contribution >= 0.6 is 0 Å². The maximum Gasteiger partial charge on any atom is 0.124 e. The molecule has 0 spiro atoms. The van der Waals surface area contributed by atoms with Crippen LogP contribution in [0.3, 0.4) is 0 Å². The first-order valence-electron chi connectivity index (χ1n) is 6.86. The van der Waals surface area contributed by atoms with Gasteiger partial charge in [-0.05, 0) is 31.0 Å². The molecule has 1 heterocycles. The molecule has 2 N–H and O–H groups in total. The smallest absolute Gasteiger partial charge is 0.124 e. The normalized spacial score (nSPS) is 16.6. The van der Waals surface area contributed by atoms with E-state index in [0.717, 1.165) is 28.3 Å². The van der Waals surface area contributed by atoms with Gasteiger partial charge in [0.1, 0.15) is 11.5 Å². The molecule has 1 aliphatic rings. The highest BCUT2D eigenvalue weighted by Crippen LogP contribution is 2.34. The van der Waals surface area contributed by atoms with Crippen molar-refractivity contribution in [2.45, 2.75) is 19.8 Å². The number of ether oxygens (including phenoxy) is 2. The van der Waals surface area contributed by atoms with Gasteiger partial charge in [0, 0.05) is 17.3 Å². The molecule has 0 saturated heterocycles. The largest absolute Gasteiger partial charge is 0.493 e. The van der Waals surface area contributed by atoms with Gasteiger partial charge in [-0.15, -0.1) is 0 Å². The minimum atomic E-state index is 0.285. The predicted octanol–water partition coefficient (Wildman–Crippen LogP) is 3.44. The molecule has 0 saturated carbocycles. The van der Waals surface area contributed by atoms with E-state index in [-0.39, 0.29) is 5.92 Å². The zero-order chi connectivity index (χ0) is 14.1. The molecule has 0 bridgehead atoms. The van der Waals surface area contributed by atoms with Crippen LogP contribution in [0, 0.1) is 13.8 Å². The average Bonchev–Trinajstić information content (AvgIpc) is 2.85. The fraction of sp³-hybridized carbons (Fsp3) is 0.294. The van der Waals surface area contributed by atoms with Crippen molar-refractivity contribution in [3.8, 4) is 11.5 Å². The number of para-hydroxylation sites is 1. The molecule has 0 aliphatic carbocycles. The number of nitrogens with two attached hydrogens (primary N) is 1. The molecule has 2 aromatic carbocycles. The SMILES string of the molecule is Cc1cc(C)c(OCC2COc3ccccc32)cc1N. The Morgan fingerprint density at radius 2 is 2.00 bits per heavy atom. The summed E-state index contributed by atoms with van der Waals surface area (Å²) in [4.78, 5) is 0. The summed E-state index contributed by atoms with van der Waals surface area (Å²) in [5.41, 5.74) is 10.1. The number of benzene rings is 2. The maximum atomic E-state index is 5.95. The van der Waals surface area contributed by atoms with Gasteiger partial charge in [0.25, 0.3) is 0 Å². The summed E-state index contributed by atoms with van der Waals surface area (Å²) in [5.74, 6) is 2.12. The number of aryl methyl sites for hydroxylation is 2. The number of hydrogen-bond donors (Lipinski definition) is 1. The van der Waals surface area contributed by atoms with E-state index in [2.05, 4.69) is 12.1 Å². The van der Waals surface area contributed by atoms with Gasteiger partial charge in [0.05, 0.1) is 19.1 Å². The van der Waals surface area contributed by atoms with E-state index in [1.54, 1.807) is 0 Å². The summed E-state index contributed by atoms with van der Waals surface area (Å²) >= 11 is 0. The Hall–Kier alpha value is -2.16. The Morgan fingerprint density at radius 1 is 1.20 bits per heavy atom. The van der Waals surface area contributed by atoms with E-state index in [1.165, 1.54) is 5.56 Å². The Morgan fingerprint density at radius 3 is 2.85 bits per heavy atom. The monoisotopic (exact) mass is 269 g/mol. The summed E-state index contributed by atoms with van der Waals surface area (Å²) in [7, 11) is 0. The van der Waals surface area contributed by atoms with Gasteiger partial charge in [0.2, 0.25) is 0 Å². The lowest BCUT2D eigenvalue weighted by Crippen LogP contribution is -2.12. The molecular formula is C17H19NO2. The summed E-state index contributed by atoms with van der Waals surface area (Å²) in [6, 6.07) is 12.1. The minimum Gasteiger partial charge on any atom is -0.493 e. The molecule has 20 heavy (non-hydrogen) atoms. The third-order valence-electron chi connectivity index (χ3n) is 3.80. The summed E-state index contributed by atoms with van der Waals surface area (Å²) in [6.45, 7) is 5.34. The lowest BCUT2D eigenvalue weighted by atomic mass is 10.0. The second-order valence-corrected chi connectivity index (χ2v) is 5.33. The third-order valence-corrected chi connectivity index (χ3v) is 3.80. The Kier molecular flexibility index (Phi) is 3.26. The third kappa shape index (κ3) is 2.31. The highest BCUT2D eigenvalue weighted by molar-refractivity contribution is 5.54. The number of anilines is 1. The van der Waals surface area contributed by atoms with Crippen LogP contribution in [0.2, 0.25) is 0 Å². The maximum absolute atomic E-state index is 5.95. The number of nitrogen functional groups attached to an aromatic ring is 1. The number of rotatable bonds is 3. The summed E-state index contributed by atoms with van der Waals surface area (Å²) < 4.78 is 11.6. The molecular weight excluding hydrogens is 250 g/mol. The lowest BCUT2D eigenvalue weighted by molar-refractivity contribution is 0.247. The second-order valence-electron chi connectivity index (χ2n) is 5.33. The van der Waals surface area contributed by atoms with Crippen molar-refractivity contribution in [3.63, 3.8) is 0 Å². The molecule has 1 unspecified atom stereocenters. The fourth-order valence-electron chi connectivity index (χ4n) is 2.56. The molecule has 1 aliphatic heterocycles. The highest BCUT2D eigenvalue weighted by Gasteiger charge is 2.24. The van der Waals surface area contributed by atoms with Crippen molar-refractivity contribution in [1.29, 1.82) is 0 Å². The lowest BCUT2D eigenvalue weighted by Gasteiger charge is -2.14. The van der Waals surface area contributed by atoms with E-state index in [0.29, 0.717) is 13.2 Å². The molecule has 1 atom stereocenters. The molecule has 3 rings (SSSR count). The van der Waals surface area contributed by atoms with Crippen molar-refractivity contribution in [2.75, 3.05) is 18.9 Å². The van der Waals surface area contributed by atoms with Gasteiger partial charge in [-0.3, -0.25) is 0 Å². The first-order chi connectivity index (χ1) is 9.65. The van der Waals surface area contributed by atoms with Crippen molar-refractivity contribution in [2.24, 2.45) is 0 Å². The van der Waals surface area contributed by atoms with Crippen molar-refractivity contribution < 1.29 is 9.47 Å². The van der Waals surface area contributed by atoms with E-state index in [1.807, 2.05) is 38.1 Å². The highest BCUT2D eigenvalue weighted by atomic mass is 16.5. The molecule has 3 heteroatoms.